The number of nitrogens with zero attached hydrogens (tertiary/aromatic N) is 1. The van der Waals surface area contributed by atoms with E-state index in [1.54, 1.807) is 0 Å². The molecule has 1 rings (SSSR count). The van der Waals surface area contributed by atoms with E-state index in [4.69, 9.17) is 0 Å². The first-order chi connectivity index (χ1) is 5.05. The van der Waals surface area contributed by atoms with E-state index in [1.807, 2.05) is 7.05 Å². The Kier molecular flexibility index (Phi) is 2.52. The van der Waals surface area contributed by atoms with Crippen molar-refractivity contribution in [2.45, 2.75) is 26.9 Å². The molecule has 1 fully saturated rings. The van der Waals surface area contributed by atoms with Crippen molar-refractivity contribution >= 4 is 0 Å². The van der Waals surface area contributed by atoms with Gasteiger partial charge in [0.15, 0.2) is 0 Å². The highest BCUT2D eigenvalue weighted by molar-refractivity contribution is 4.84. The van der Waals surface area contributed by atoms with Crippen LogP contribution in [0.4, 0.5) is 0 Å². The van der Waals surface area contributed by atoms with E-state index in [-0.39, 0.29) is 0 Å². The quantitative estimate of drug-likeness (QED) is 0.577. The van der Waals surface area contributed by atoms with Gasteiger partial charge in [0.2, 0.25) is 0 Å². The summed E-state index contributed by atoms with van der Waals surface area (Å²) in [6.07, 6.45) is 0.465. The van der Waals surface area contributed by atoms with Crippen LogP contribution in [0.1, 0.15) is 20.8 Å². The predicted octanol–water partition coefficient (Wildman–Crippen LogP) is 0.398. The molecule has 0 aromatic heterocycles. The van der Waals surface area contributed by atoms with Gasteiger partial charge in [0, 0.05) is 13.1 Å². The first-order valence-electron chi connectivity index (χ1n) is 4.23. The minimum Gasteiger partial charge on any atom is -0.299 e. The first-order valence-corrected chi connectivity index (χ1v) is 4.23. The zero-order valence-electron chi connectivity index (χ0n) is 7.94. The Hall–Kier alpha value is -0.120. The lowest BCUT2D eigenvalue weighted by atomic mass is 9.92. The second-order valence-electron chi connectivity index (χ2n) is 4.14. The molecule has 0 aliphatic carbocycles. The molecule has 1 atom stereocenters. The van der Waals surface area contributed by atoms with Gasteiger partial charge in [-0.05, 0) is 12.5 Å². The summed E-state index contributed by atoms with van der Waals surface area (Å²) in [6.45, 7) is 8.93. The average molecular weight is 157 g/mol. The summed E-state index contributed by atoms with van der Waals surface area (Å²) >= 11 is 0. The molecular weight excluding hydrogens is 138 g/mol. The Morgan fingerprint density at radius 3 is 2.45 bits per heavy atom. The molecule has 1 heterocycles. The van der Waals surface area contributed by atoms with E-state index in [0.717, 1.165) is 13.1 Å². The molecule has 66 valence electrons. The predicted molar refractivity (Wildman–Crippen MR) is 47.0 cm³/mol. The van der Waals surface area contributed by atoms with Crippen molar-refractivity contribution in [1.82, 2.24) is 15.8 Å². The summed E-state index contributed by atoms with van der Waals surface area (Å²) in [5.41, 5.74) is 3.50. The summed E-state index contributed by atoms with van der Waals surface area (Å²) < 4.78 is 0. The van der Waals surface area contributed by atoms with E-state index in [9.17, 15) is 0 Å². The van der Waals surface area contributed by atoms with Crippen LogP contribution in [-0.2, 0) is 0 Å². The van der Waals surface area contributed by atoms with Crippen molar-refractivity contribution in [3.63, 3.8) is 0 Å². The van der Waals surface area contributed by atoms with E-state index in [1.165, 1.54) is 0 Å². The van der Waals surface area contributed by atoms with Crippen LogP contribution in [0.2, 0.25) is 0 Å². The van der Waals surface area contributed by atoms with Crippen molar-refractivity contribution in [2.24, 2.45) is 5.41 Å². The maximum Gasteiger partial charge on any atom is 0.0782 e. The molecule has 0 aromatic carbocycles. The Bertz CT molecular complexity index is 128. The fourth-order valence-electron chi connectivity index (χ4n) is 1.58. The van der Waals surface area contributed by atoms with Gasteiger partial charge in [0.1, 0.15) is 0 Å². The van der Waals surface area contributed by atoms with Gasteiger partial charge in [-0.2, -0.15) is 0 Å². The fraction of sp³-hybridized carbons (Fsp3) is 1.00. The lowest BCUT2D eigenvalue weighted by Crippen LogP contribution is -2.50. The highest BCUT2D eigenvalue weighted by Crippen LogP contribution is 2.23. The Balaban J connectivity index is 2.57. The molecule has 11 heavy (non-hydrogen) atoms. The molecule has 3 heteroatoms. The largest absolute Gasteiger partial charge is 0.299 e. The normalized spacial score (nSPS) is 27.8. The zero-order valence-corrected chi connectivity index (χ0v) is 7.94. The molecule has 1 saturated heterocycles. The fourth-order valence-corrected chi connectivity index (χ4v) is 1.58. The van der Waals surface area contributed by atoms with Crippen LogP contribution in [-0.4, -0.2) is 31.3 Å². The second kappa shape index (κ2) is 3.09. The maximum atomic E-state index is 3.46. The van der Waals surface area contributed by atoms with Gasteiger partial charge in [-0.15, -0.1) is 0 Å². The zero-order chi connectivity index (χ0) is 8.48. The van der Waals surface area contributed by atoms with Gasteiger partial charge < -0.3 is 0 Å². The van der Waals surface area contributed by atoms with Gasteiger partial charge in [-0.25, -0.2) is 5.01 Å². The Morgan fingerprint density at radius 2 is 2.09 bits per heavy atom. The Morgan fingerprint density at radius 1 is 1.45 bits per heavy atom. The third kappa shape index (κ3) is 1.92. The summed E-state index contributed by atoms with van der Waals surface area (Å²) in [4.78, 5) is 0. The summed E-state index contributed by atoms with van der Waals surface area (Å²) in [7, 11) is 1.98. The van der Waals surface area contributed by atoms with Gasteiger partial charge in [-0.3, -0.25) is 10.7 Å². The number of rotatable bonds is 1. The van der Waals surface area contributed by atoms with Gasteiger partial charge in [0.25, 0.3) is 0 Å². The van der Waals surface area contributed by atoms with E-state index >= 15 is 0 Å². The molecule has 2 N–H and O–H groups in total. The van der Waals surface area contributed by atoms with Crippen LogP contribution >= 0.6 is 0 Å². The number of hydrazine groups is 1. The van der Waals surface area contributed by atoms with Gasteiger partial charge in [0.05, 0.1) is 6.17 Å². The van der Waals surface area contributed by atoms with Crippen LogP contribution in [0.15, 0.2) is 0 Å². The van der Waals surface area contributed by atoms with E-state index in [2.05, 4.69) is 36.5 Å². The molecule has 0 spiro atoms. The molecule has 0 aromatic rings. The van der Waals surface area contributed by atoms with Crippen LogP contribution in [0, 0.1) is 5.41 Å². The topological polar surface area (TPSA) is 27.3 Å². The molecule has 3 nitrogen and oxygen atoms in total. The van der Waals surface area contributed by atoms with Gasteiger partial charge >= 0.3 is 0 Å². The highest BCUT2D eigenvalue weighted by Gasteiger charge is 2.32. The van der Waals surface area contributed by atoms with Crippen molar-refractivity contribution in [1.29, 1.82) is 0 Å². The van der Waals surface area contributed by atoms with Crippen molar-refractivity contribution in [3.05, 3.63) is 0 Å². The monoisotopic (exact) mass is 157 g/mol. The minimum atomic E-state index is 0.305. The lowest BCUT2D eigenvalue weighted by Gasteiger charge is -2.33. The smallest absolute Gasteiger partial charge is 0.0782 e. The van der Waals surface area contributed by atoms with Crippen LogP contribution < -0.4 is 10.7 Å². The molecule has 0 amide bonds. The standard InChI is InChI=1S/C8H19N3/c1-8(2,3)7-10-5-6-11(7)9-4/h7,9-10H,5-6H2,1-4H3. The van der Waals surface area contributed by atoms with E-state index < -0.39 is 0 Å². The van der Waals surface area contributed by atoms with Crippen molar-refractivity contribution in [3.8, 4) is 0 Å². The van der Waals surface area contributed by atoms with Gasteiger partial charge in [-0.1, -0.05) is 20.8 Å². The second-order valence-corrected chi connectivity index (χ2v) is 4.14. The summed E-state index contributed by atoms with van der Waals surface area (Å²) in [5.74, 6) is 0. The summed E-state index contributed by atoms with van der Waals surface area (Å²) in [5, 5.41) is 5.71. The SMILES string of the molecule is CNN1CCNC1C(C)(C)C. The molecule has 1 aliphatic rings. The molecule has 0 saturated carbocycles. The van der Waals surface area contributed by atoms with Crippen molar-refractivity contribution < 1.29 is 0 Å². The lowest BCUT2D eigenvalue weighted by molar-refractivity contribution is 0.0876. The van der Waals surface area contributed by atoms with Crippen molar-refractivity contribution in [2.75, 3.05) is 20.1 Å². The molecule has 0 radical (unpaired) electrons. The maximum absolute atomic E-state index is 3.46. The number of nitrogens with one attached hydrogen (secondary N) is 2. The first kappa shape index (κ1) is 8.97. The minimum absolute atomic E-state index is 0.305. The summed E-state index contributed by atoms with van der Waals surface area (Å²) in [6, 6.07) is 0. The van der Waals surface area contributed by atoms with Crippen LogP contribution in [0.25, 0.3) is 0 Å². The molecule has 1 aliphatic heterocycles. The number of hydrogen-bond donors (Lipinski definition) is 2. The van der Waals surface area contributed by atoms with Crippen LogP contribution in [0.3, 0.4) is 0 Å². The van der Waals surface area contributed by atoms with Crippen LogP contribution in [0.5, 0.6) is 0 Å². The third-order valence-electron chi connectivity index (χ3n) is 2.11. The molecule has 0 bridgehead atoms. The highest BCUT2D eigenvalue weighted by atomic mass is 15.6. The van der Waals surface area contributed by atoms with E-state index in [0.29, 0.717) is 11.6 Å². The Labute approximate surface area is 69.1 Å². The molecule has 1 unspecified atom stereocenters. The number of hydrogen-bond acceptors (Lipinski definition) is 3. The third-order valence-corrected chi connectivity index (χ3v) is 2.11. The average Bonchev–Trinajstić information content (AvgIpc) is 2.31. The molecular formula is C8H19N3.